The SMILES string of the molecule is C#[N+]c1nccc(Nc2cc(C3CCCC3)[nH]n2)n1. The fourth-order valence-electron chi connectivity index (χ4n) is 2.46. The molecular weight excluding hydrogens is 240 g/mol. The van der Waals surface area contributed by atoms with Crippen molar-refractivity contribution in [1.29, 1.82) is 0 Å². The predicted molar refractivity (Wildman–Crippen MR) is 73.1 cm³/mol. The highest BCUT2D eigenvalue weighted by Gasteiger charge is 2.19. The van der Waals surface area contributed by atoms with Gasteiger partial charge in [-0.3, -0.25) is 5.10 Å². The van der Waals surface area contributed by atoms with Crippen LogP contribution in [0.5, 0.6) is 0 Å². The lowest BCUT2D eigenvalue weighted by atomic mass is 10.0. The first-order chi connectivity index (χ1) is 9.35. The fourth-order valence-corrected chi connectivity index (χ4v) is 2.46. The van der Waals surface area contributed by atoms with E-state index in [0.29, 0.717) is 11.7 Å². The molecule has 1 saturated carbocycles. The molecule has 0 amide bonds. The predicted octanol–water partition coefficient (Wildman–Crippen LogP) is 3.20. The van der Waals surface area contributed by atoms with E-state index in [4.69, 9.17) is 6.57 Å². The summed E-state index contributed by atoms with van der Waals surface area (Å²) in [5.74, 6) is 2.24. The Morgan fingerprint density at radius 2 is 2.16 bits per heavy atom. The van der Waals surface area contributed by atoms with Crippen LogP contribution in [0.25, 0.3) is 4.85 Å². The minimum Gasteiger partial charge on any atom is -0.309 e. The highest BCUT2D eigenvalue weighted by molar-refractivity contribution is 5.53. The summed E-state index contributed by atoms with van der Waals surface area (Å²) in [4.78, 5) is 11.5. The van der Waals surface area contributed by atoms with Gasteiger partial charge >= 0.3 is 5.95 Å². The summed E-state index contributed by atoms with van der Waals surface area (Å²) >= 11 is 0. The van der Waals surface area contributed by atoms with E-state index in [0.717, 1.165) is 5.82 Å². The Hall–Kier alpha value is -2.42. The van der Waals surface area contributed by atoms with Crippen LogP contribution in [0.2, 0.25) is 0 Å². The molecule has 2 heterocycles. The van der Waals surface area contributed by atoms with Crippen molar-refractivity contribution < 1.29 is 0 Å². The normalized spacial score (nSPS) is 15.3. The average Bonchev–Trinajstić information content (AvgIpc) is 3.09. The van der Waals surface area contributed by atoms with Gasteiger partial charge in [0.1, 0.15) is 12.8 Å². The third-order valence-corrected chi connectivity index (χ3v) is 3.41. The highest BCUT2D eigenvalue weighted by atomic mass is 15.2. The molecule has 0 aliphatic heterocycles. The number of aromatic nitrogens is 4. The molecule has 0 spiro atoms. The third-order valence-electron chi connectivity index (χ3n) is 3.41. The van der Waals surface area contributed by atoms with Gasteiger partial charge in [0.15, 0.2) is 5.82 Å². The van der Waals surface area contributed by atoms with Gasteiger partial charge in [-0.2, -0.15) is 9.94 Å². The zero-order valence-electron chi connectivity index (χ0n) is 10.5. The summed E-state index contributed by atoms with van der Waals surface area (Å²) in [6, 6.07) is 3.79. The van der Waals surface area contributed by atoms with Crippen molar-refractivity contribution in [1.82, 2.24) is 20.2 Å². The molecule has 6 nitrogen and oxygen atoms in total. The number of nitrogens with zero attached hydrogens (tertiary/aromatic N) is 4. The first kappa shape index (κ1) is 11.7. The molecule has 6 heteroatoms. The Morgan fingerprint density at radius 3 is 2.95 bits per heavy atom. The van der Waals surface area contributed by atoms with Gasteiger partial charge in [0.05, 0.1) is 0 Å². The van der Waals surface area contributed by atoms with Crippen LogP contribution in [-0.2, 0) is 0 Å². The van der Waals surface area contributed by atoms with Crippen molar-refractivity contribution in [2.24, 2.45) is 0 Å². The summed E-state index contributed by atoms with van der Waals surface area (Å²) in [5.41, 5.74) is 1.19. The lowest BCUT2D eigenvalue weighted by Gasteiger charge is -2.03. The minimum absolute atomic E-state index is 0.247. The molecule has 0 saturated heterocycles. The van der Waals surface area contributed by atoms with E-state index in [1.165, 1.54) is 31.4 Å². The Morgan fingerprint density at radius 1 is 1.32 bits per heavy atom. The lowest BCUT2D eigenvalue weighted by molar-refractivity contribution is 0.693. The van der Waals surface area contributed by atoms with Gasteiger partial charge in [0.25, 0.3) is 0 Å². The Bertz CT molecular complexity index is 606. The van der Waals surface area contributed by atoms with Gasteiger partial charge in [-0.05, 0) is 17.8 Å². The maximum absolute atomic E-state index is 5.15. The second-order valence-electron chi connectivity index (χ2n) is 4.69. The van der Waals surface area contributed by atoms with E-state index in [9.17, 15) is 0 Å². The number of hydrogen-bond donors (Lipinski definition) is 2. The summed E-state index contributed by atoms with van der Waals surface area (Å²) in [6.45, 7) is 5.15. The maximum atomic E-state index is 5.15. The van der Waals surface area contributed by atoms with Gasteiger partial charge in [0.2, 0.25) is 5.82 Å². The van der Waals surface area contributed by atoms with Crippen molar-refractivity contribution in [2.75, 3.05) is 5.32 Å². The van der Waals surface area contributed by atoms with E-state index < -0.39 is 0 Å². The number of nitrogens with one attached hydrogen (secondary N) is 2. The smallest absolute Gasteiger partial charge is 0.309 e. The Labute approximate surface area is 111 Å². The molecule has 1 aliphatic rings. The molecule has 0 radical (unpaired) electrons. The molecule has 96 valence electrons. The number of hydrogen-bond acceptors (Lipinski definition) is 4. The van der Waals surface area contributed by atoms with Crippen LogP contribution in [0.3, 0.4) is 0 Å². The van der Waals surface area contributed by atoms with Crippen LogP contribution in [0, 0.1) is 6.57 Å². The molecule has 3 rings (SSSR count). The molecule has 1 aliphatic carbocycles. The quantitative estimate of drug-likeness (QED) is 0.883. The van der Waals surface area contributed by atoms with E-state index in [1.807, 2.05) is 6.07 Å². The van der Waals surface area contributed by atoms with Crippen molar-refractivity contribution in [3.05, 3.63) is 28.9 Å². The molecule has 2 N–H and O–H groups in total. The van der Waals surface area contributed by atoms with Crippen LogP contribution in [0.1, 0.15) is 37.3 Å². The van der Waals surface area contributed by atoms with Gasteiger partial charge < -0.3 is 5.32 Å². The molecule has 1 fully saturated rings. The van der Waals surface area contributed by atoms with Gasteiger partial charge in [-0.15, -0.1) is 0 Å². The summed E-state index contributed by atoms with van der Waals surface area (Å²) < 4.78 is 0. The van der Waals surface area contributed by atoms with Gasteiger partial charge in [-0.25, -0.2) is 0 Å². The molecule has 2 aromatic heterocycles. The summed E-state index contributed by atoms with van der Waals surface area (Å²) in [6.07, 6.45) is 6.70. The number of aromatic amines is 1. The molecule has 0 atom stereocenters. The maximum Gasteiger partial charge on any atom is 0.532 e. The lowest BCUT2D eigenvalue weighted by Crippen LogP contribution is -1.94. The van der Waals surface area contributed by atoms with Gasteiger partial charge in [-0.1, -0.05) is 17.8 Å². The average molecular weight is 255 g/mol. The van der Waals surface area contributed by atoms with Crippen LogP contribution in [-0.4, -0.2) is 20.2 Å². The van der Waals surface area contributed by atoms with Crippen LogP contribution in [0.15, 0.2) is 18.3 Å². The molecular formula is C13H15N6+. The molecule has 2 aromatic rings. The van der Waals surface area contributed by atoms with Crippen LogP contribution in [0.4, 0.5) is 17.6 Å². The second-order valence-corrected chi connectivity index (χ2v) is 4.69. The first-order valence-electron chi connectivity index (χ1n) is 6.41. The standard InChI is InChI=1S/C13H15N6/c1-14-13-15-7-6-11(17-13)16-12-8-10(18-19-12)9-4-2-3-5-9/h1,6-9H,2-5H2,(H2,15,16,17,18,19)/q+1. The van der Waals surface area contributed by atoms with E-state index in [-0.39, 0.29) is 5.95 Å². The van der Waals surface area contributed by atoms with Crippen molar-refractivity contribution in [2.45, 2.75) is 31.6 Å². The molecule has 19 heavy (non-hydrogen) atoms. The zero-order chi connectivity index (χ0) is 13.1. The van der Waals surface area contributed by atoms with Crippen molar-refractivity contribution in [3.63, 3.8) is 0 Å². The zero-order valence-corrected chi connectivity index (χ0v) is 10.5. The van der Waals surface area contributed by atoms with Gasteiger partial charge in [0, 0.05) is 23.7 Å². The number of anilines is 2. The largest absolute Gasteiger partial charge is 0.532 e. The highest BCUT2D eigenvalue weighted by Crippen LogP contribution is 2.33. The Balaban J connectivity index is 1.74. The fraction of sp³-hybridized carbons (Fsp3) is 0.385. The summed E-state index contributed by atoms with van der Waals surface area (Å²) in [7, 11) is 0. The second kappa shape index (κ2) is 5.06. The molecule has 0 bridgehead atoms. The number of H-pyrrole nitrogens is 1. The van der Waals surface area contributed by atoms with E-state index >= 15 is 0 Å². The molecule has 0 aromatic carbocycles. The van der Waals surface area contributed by atoms with Crippen LogP contribution < -0.4 is 5.32 Å². The van der Waals surface area contributed by atoms with Crippen LogP contribution >= 0.6 is 0 Å². The summed E-state index contributed by atoms with van der Waals surface area (Å²) in [5, 5.41) is 10.5. The third kappa shape index (κ3) is 2.55. The van der Waals surface area contributed by atoms with Crippen molar-refractivity contribution >= 4 is 17.6 Å². The number of rotatable bonds is 3. The van der Waals surface area contributed by atoms with E-state index in [1.54, 1.807) is 12.3 Å². The topological polar surface area (TPSA) is 70.8 Å². The minimum atomic E-state index is 0.247. The molecule has 0 unspecified atom stereocenters. The van der Waals surface area contributed by atoms with E-state index in [2.05, 4.69) is 30.3 Å². The Kier molecular flexibility index (Phi) is 3.11. The first-order valence-corrected chi connectivity index (χ1v) is 6.41. The monoisotopic (exact) mass is 255 g/mol. The van der Waals surface area contributed by atoms with Crippen molar-refractivity contribution in [3.8, 4) is 6.57 Å².